The van der Waals surface area contributed by atoms with E-state index in [9.17, 15) is 19.5 Å². The molecule has 0 aliphatic carbocycles. The lowest BCUT2D eigenvalue weighted by Crippen LogP contribution is -2.31. The molecule has 0 atom stereocenters. The summed E-state index contributed by atoms with van der Waals surface area (Å²) in [6, 6.07) is 21.1. The Labute approximate surface area is 197 Å². The van der Waals surface area contributed by atoms with Crippen LogP contribution in [0.2, 0.25) is 5.02 Å². The molecule has 6 nitrogen and oxygen atoms in total. The van der Waals surface area contributed by atoms with Gasteiger partial charge >= 0.3 is 12.0 Å². The number of nitrogens with one attached hydrogen (secondary N) is 1. The van der Waals surface area contributed by atoms with Crippen LogP contribution in [-0.2, 0) is 4.79 Å². The second-order valence-corrected chi connectivity index (χ2v) is 8.85. The number of benzene rings is 3. The summed E-state index contributed by atoms with van der Waals surface area (Å²) in [5.41, 5.74) is 2.50. The molecule has 0 bridgehead atoms. The number of amides is 2. The van der Waals surface area contributed by atoms with Crippen molar-refractivity contribution in [1.82, 2.24) is 0 Å². The fraction of sp³-hybridized carbons (Fsp3) is 0.192. The molecule has 33 heavy (non-hydrogen) atoms. The number of Topliss-reactive ketones (excluding diaryl/α,β-unsaturated/α-hetero) is 1. The molecule has 0 aromatic heterocycles. The van der Waals surface area contributed by atoms with Crippen molar-refractivity contribution in [2.75, 3.05) is 17.3 Å². The summed E-state index contributed by atoms with van der Waals surface area (Å²) in [4.78, 5) is 37.7. The Hall–Kier alpha value is -3.64. The molecular weight excluding hydrogens is 440 g/mol. The van der Waals surface area contributed by atoms with Gasteiger partial charge in [-0.25, -0.2) is 4.79 Å². The Morgan fingerprint density at radius 1 is 0.939 bits per heavy atom. The Kier molecular flexibility index (Phi) is 7.19. The minimum atomic E-state index is -1.11. The largest absolute Gasteiger partial charge is 0.481 e. The van der Waals surface area contributed by atoms with E-state index in [0.29, 0.717) is 22.0 Å². The molecule has 3 aromatic carbocycles. The fourth-order valence-corrected chi connectivity index (χ4v) is 3.37. The number of halogens is 1. The lowest BCUT2D eigenvalue weighted by molar-refractivity contribution is -0.146. The maximum atomic E-state index is 12.5. The summed E-state index contributed by atoms with van der Waals surface area (Å²) in [5.74, 6) is -1.21. The molecule has 0 spiro atoms. The molecule has 0 heterocycles. The van der Waals surface area contributed by atoms with Gasteiger partial charge in [-0.3, -0.25) is 14.5 Å². The van der Waals surface area contributed by atoms with E-state index in [4.69, 9.17) is 11.6 Å². The Bertz CT molecular complexity index is 1170. The molecule has 0 aliphatic rings. The second kappa shape index (κ2) is 9.88. The third-order valence-corrected chi connectivity index (χ3v) is 5.59. The van der Waals surface area contributed by atoms with E-state index < -0.39 is 11.4 Å². The number of anilines is 2. The first-order chi connectivity index (χ1) is 15.6. The summed E-state index contributed by atoms with van der Waals surface area (Å²) >= 11 is 6.00. The monoisotopic (exact) mass is 464 g/mol. The summed E-state index contributed by atoms with van der Waals surface area (Å²) < 4.78 is 0. The molecule has 0 radical (unpaired) electrons. The van der Waals surface area contributed by atoms with Crippen molar-refractivity contribution in [2.45, 2.75) is 20.3 Å². The number of urea groups is 1. The average molecular weight is 465 g/mol. The fourth-order valence-electron chi connectivity index (χ4n) is 3.18. The summed E-state index contributed by atoms with van der Waals surface area (Å²) in [5, 5.41) is 12.6. The highest BCUT2D eigenvalue weighted by Gasteiger charge is 2.30. The minimum absolute atomic E-state index is 0.0697. The van der Waals surface area contributed by atoms with Crippen LogP contribution in [0.15, 0.2) is 72.8 Å². The summed E-state index contributed by atoms with van der Waals surface area (Å²) in [6.07, 6.45) is -0.0697. The molecule has 3 rings (SSSR count). The van der Waals surface area contributed by atoms with Crippen LogP contribution in [0.25, 0.3) is 11.1 Å². The molecule has 0 fully saturated rings. The molecule has 0 saturated heterocycles. The Morgan fingerprint density at radius 2 is 1.52 bits per heavy atom. The van der Waals surface area contributed by atoms with Gasteiger partial charge in [-0.2, -0.15) is 0 Å². The second-order valence-electron chi connectivity index (χ2n) is 8.41. The van der Waals surface area contributed by atoms with Crippen molar-refractivity contribution < 1.29 is 19.5 Å². The van der Waals surface area contributed by atoms with Gasteiger partial charge in [0.1, 0.15) is 0 Å². The van der Waals surface area contributed by atoms with Crippen molar-refractivity contribution >= 4 is 40.8 Å². The molecule has 2 amide bonds. The summed E-state index contributed by atoms with van der Waals surface area (Å²) in [7, 11) is 1.66. The maximum absolute atomic E-state index is 12.5. The zero-order valence-electron chi connectivity index (χ0n) is 18.6. The summed E-state index contributed by atoms with van der Waals surface area (Å²) in [6.45, 7) is 3.07. The molecule has 0 saturated carbocycles. The first kappa shape index (κ1) is 24.0. The van der Waals surface area contributed by atoms with Crippen LogP contribution in [0, 0.1) is 5.41 Å². The number of nitrogens with zero attached hydrogens (tertiary/aromatic N) is 1. The van der Waals surface area contributed by atoms with Crippen LogP contribution >= 0.6 is 11.6 Å². The molecule has 7 heteroatoms. The van der Waals surface area contributed by atoms with Gasteiger partial charge in [0.15, 0.2) is 5.78 Å². The van der Waals surface area contributed by atoms with Crippen LogP contribution in [0.1, 0.15) is 30.6 Å². The third kappa shape index (κ3) is 5.99. The van der Waals surface area contributed by atoms with E-state index in [0.717, 1.165) is 11.1 Å². The topological polar surface area (TPSA) is 86.7 Å². The van der Waals surface area contributed by atoms with Crippen LogP contribution in [0.3, 0.4) is 0 Å². The Balaban J connectivity index is 1.65. The van der Waals surface area contributed by atoms with Crippen LogP contribution in [0.4, 0.5) is 16.2 Å². The smallest absolute Gasteiger partial charge is 0.326 e. The number of hydrogen-bond donors (Lipinski definition) is 2. The van der Waals surface area contributed by atoms with Crippen molar-refractivity contribution in [1.29, 1.82) is 0 Å². The van der Waals surface area contributed by atoms with E-state index >= 15 is 0 Å². The lowest BCUT2D eigenvalue weighted by Gasteiger charge is -2.18. The number of hydrogen-bond acceptors (Lipinski definition) is 3. The number of ketones is 1. The Morgan fingerprint density at radius 3 is 2.06 bits per heavy atom. The first-order valence-corrected chi connectivity index (χ1v) is 10.7. The van der Waals surface area contributed by atoms with Gasteiger partial charge in [0.05, 0.1) is 5.41 Å². The molecule has 0 aliphatic heterocycles. The van der Waals surface area contributed by atoms with E-state index in [1.807, 2.05) is 24.3 Å². The SMILES string of the molecule is CN(C(=O)Nc1ccc(-c2ccc(C(=O)CC(C)(C)C(=O)O)cc2)cc1)c1cccc(Cl)c1. The predicted octanol–water partition coefficient (Wildman–Crippen LogP) is 6.36. The average Bonchev–Trinajstić information content (AvgIpc) is 2.78. The number of carbonyl (C=O) groups is 3. The molecule has 2 N–H and O–H groups in total. The van der Waals surface area contributed by atoms with Gasteiger partial charge in [0.25, 0.3) is 0 Å². The van der Waals surface area contributed by atoms with E-state index in [-0.39, 0.29) is 18.2 Å². The first-order valence-electron chi connectivity index (χ1n) is 10.3. The zero-order valence-corrected chi connectivity index (χ0v) is 19.4. The minimum Gasteiger partial charge on any atom is -0.481 e. The highest BCUT2D eigenvalue weighted by molar-refractivity contribution is 6.31. The van der Waals surface area contributed by atoms with E-state index in [1.165, 1.54) is 18.7 Å². The standard InChI is InChI=1S/C26H25ClN2O4/c1-26(2,24(31)32)16-23(30)19-9-7-17(8-10-19)18-11-13-21(14-12-18)28-25(33)29(3)22-6-4-5-20(27)15-22/h4-15H,16H2,1-3H3,(H,28,33)(H,31,32). The quantitative estimate of drug-likeness (QED) is 0.398. The predicted molar refractivity (Wildman–Crippen MR) is 131 cm³/mol. The van der Waals surface area contributed by atoms with Gasteiger partial charge in [-0.05, 0) is 55.3 Å². The van der Waals surface area contributed by atoms with Gasteiger partial charge in [-0.1, -0.05) is 54.1 Å². The normalized spacial score (nSPS) is 11.0. The molecule has 3 aromatic rings. The number of carboxylic acids is 1. The molecule has 170 valence electrons. The third-order valence-electron chi connectivity index (χ3n) is 5.36. The van der Waals surface area contributed by atoms with Crippen molar-refractivity contribution in [3.63, 3.8) is 0 Å². The van der Waals surface area contributed by atoms with Gasteiger partial charge < -0.3 is 10.4 Å². The molecular formula is C26H25ClN2O4. The van der Waals surface area contributed by atoms with Gasteiger partial charge in [0, 0.05) is 35.4 Å². The maximum Gasteiger partial charge on any atom is 0.326 e. The van der Waals surface area contributed by atoms with Crippen LogP contribution in [0.5, 0.6) is 0 Å². The van der Waals surface area contributed by atoms with E-state index in [2.05, 4.69) is 5.32 Å². The lowest BCUT2D eigenvalue weighted by atomic mass is 9.85. The molecule has 0 unspecified atom stereocenters. The van der Waals surface area contributed by atoms with Gasteiger partial charge in [-0.15, -0.1) is 0 Å². The number of rotatable bonds is 7. The van der Waals surface area contributed by atoms with E-state index in [1.54, 1.807) is 55.6 Å². The number of aliphatic carboxylic acids is 1. The van der Waals surface area contributed by atoms with Crippen LogP contribution < -0.4 is 10.2 Å². The highest BCUT2D eigenvalue weighted by Crippen LogP contribution is 2.26. The van der Waals surface area contributed by atoms with Crippen molar-refractivity contribution in [3.8, 4) is 11.1 Å². The highest BCUT2D eigenvalue weighted by atomic mass is 35.5. The number of carboxylic acid groups (broad SMARTS) is 1. The van der Waals surface area contributed by atoms with Crippen molar-refractivity contribution in [2.24, 2.45) is 5.41 Å². The zero-order chi connectivity index (χ0) is 24.2. The number of carbonyl (C=O) groups excluding carboxylic acids is 2. The van der Waals surface area contributed by atoms with Gasteiger partial charge in [0.2, 0.25) is 0 Å². The van der Waals surface area contributed by atoms with Crippen LogP contribution in [-0.4, -0.2) is 29.9 Å². The van der Waals surface area contributed by atoms with Crippen molar-refractivity contribution in [3.05, 3.63) is 83.4 Å².